The monoisotopic (exact) mass is 271 g/mol. The molecule has 2 aromatic rings. The third-order valence-electron chi connectivity index (χ3n) is 3.93. The van der Waals surface area contributed by atoms with Crippen LogP contribution in [0.2, 0.25) is 0 Å². The lowest BCUT2D eigenvalue weighted by atomic mass is 9.76. The molecule has 0 bridgehead atoms. The topological polar surface area (TPSA) is 22.0 Å². The maximum atomic E-state index is 12.9. The van der Waals surface area contributed by atoms with E-state index in [0.717, 1.165) is 23.2 Å². The van der Waals surface area contributed by atoms with E-state index in [1.165, 1.54) is 12.1 Å². The third-order valence-corrected chi connectivity index (χ3v) is 3.93. The minimum atomic E-state index is -0.223. The number of ketones is 1. The molecule has 0 fully saturated rings. The van der Waals surface area contributed by atoms with Crippen LogP contribution in [0.15, 0.2) is 36.5 Å². The zero-order chi connectivity index (χ0) is 14.3. The van der Waals surface area contributed by atoms with Gasteiger partial charge in [-0.2, -0.15) is 0 Å². The van der Waals surface area contributed by atoms with E-state index >= 15 is 0 Å². The van der Waals surface area contributed by atoms with Gasteiger partial charge in [-0.1, -0.05) is 26.0 Å². The molecule has 0 amide bonds. The van der Waals surface area contributed by atoms with Gasteiger partial charge < -0.3 is 4.57 Å². The lowest BCUT2D eigenvalue weighted by Crippen LogP contribution is -2.28. The Morgan fingerprint density at radius 1 is 1.15 bits per heavy atom. The lowest BCUT2D eigenvalue weighted by molar-refractivity contribution is 0.0910. The third kappa shape index (κ3) is 2.40. The fourth-order valence-electron chi connectivity index (χ4n) is 2.94. The van der Waals surface area contributed by atoms with Gasteiger partial charge in [-0.25, -0.2) is 4.39 Å². The van der Waals surface area contributed by atoms with Crippen LogP contribution in [0.3, 0.4) is 0 Å². The Kier molecular flexibility index (Phi) is 3.00. The van der Waals surface area contributed by atoms with Crippen LogP contribution in [0.4, 0.5) is 4.39 Å². The Hall–Kier alpha value is -1.90. The van der Waals surface area contributed by atoms with Gasteiger partial charge >= 0.3 is 0 Å². The van der Waals surface area contributed by atoms with Gasteiger partial charge in [0.05, 0.1) is 0 Å². The second-order valence-electron chi connectivity index (χ2n) is 6.37. The summed E-state index contributed by atoms with van der Waals surface area (Å²) >= 11 is 0. The van der Waals surface area contributed by atoms with Crippen LogP contribution in [0.5, 0.6) is 0 Å². The number of nitrogens with zero attached hydrogens (tertiary/aromatic N) is 1. The normalized spacial score (nSPS) is 17.1. The molecule has 3 rings (SSSR count). The van der Waals surface area contributed by atoms with Gasteiger partial charge in [0, 0.05) is 30.4 Å². The van der Waals surface area contributed by atoms with E-state index in [0.29, 0.717) is 13.0 Å². The molecule has 0 saturated heterocycles. The van der Waals surface area contributed by atoms with Gasteiger partial charge in [-0.15, -0.1) is 0 Å². The summed E-state index contributed by atoms with van der Waals surface area (Å²) in [5.41, 5.74) is 3.02. The highest BCUT2D eigenvalue weighted by molar-refractivity contribution is 5.98. The van der Waals surface area contributed by atoms with E-state index in [4.69, 9.17) is 0 Å². The minimum absolute atomic E-state index is 0.0168. The molecule has 0 radical (unpaired) electrons. The maximum Gasteiger partial charge on any atom is 0.165 e. The first-order valence-corrected chi connectivity index (χ1v) is 6.90. The summed E-state index contributed by atoms with van der Waals surface area (Å²) in [6, 6.07) is 8.44. The molecule has 0 N–H and O–H groups in total. The number of aromatic nitrogens is 1. The average Bonchev–Trinajstić information content (AvgIpc) is 2.74. The Bertz CT molecular complexity index is 652. The standard InChI is InChI=1S/C17H18FNO/c1-17(2)9-15-14(16(20)10-17)7-8-19(15)11-12-3-5-13(18)6-4-12/h3-8H,9-11H2,1-2H3. The van der Waals surface area contributed by atoms with Gasteiger partial charge in [0.15, 0.2) is 5.78 Å². The molecule has 0 spiro atoms. The second-order valence-corrected chi connectivity index (χ2v) is 6.37. The molecule has 0 aliphatic heterocycles. The molecule has 1 heterocycles. The predicted octanol–water partition coefficient (Wildman–Crippen LogP) is 3.83. The van der Waals surface area contributed by atoms with Crippen molar-refractivity contribution in [3.63, 3.8) is 0 Å². The summed E-state index contributed by atoms with van der Waals surface area (Å²) in [7, 11) is 0. The van der Waals surface area contributed by atoms with E-state index in [2.05, 4.69) is 18.4 Å². The van der Waals surface area contributed by atoms with Gasteiger partial charge in [-0.05, 0) is 35.6 Å². The molecule has 0 unspecified atom stereocenters. The van der Waals surface area contributed by atoms with E-state index < -0.39 is 0 Å². The number of halogens is 1. The number of fused-ring (bicyclic) bond motifs is 1. The molecule has 1 aliphatic rings. The minimum Gasteiger partial charge on any atom is -0.346 e. The van der Waals surface area contributed by atoms with Crippen LogP contribution >= 0.6 is 0 Å². The molecule has 1 aromatic carbocycles. The molecule has 0 saturated carbocycles. The van der Waals surface area contributed by atoms with Crippen LogP contribution in [0.25, 0.3) is 0 Å². The Morgan fingerprint density at radius 3 is 2.55 bits per heavy atom. The van der Waals surface area contributed by atoms with E-state index in [1.54, 1.807) is 12.1 Å². The maximum absolute atomic E-state index is 12.9. The summed E-state index contributed by atoms with van der Waals surface area (Å²) in [5, 5.41) is 0. The molecule has 1 aliphatic carbocycles. The SMILES string of the molecule is CC1(C)CC(=O)c2ccn(Cc3ccc(F)cc3)c2C1. The number of hydrogen-bond acceptors (Lipinski definition) is 1. The summed E-state index contributed by atoms with van der Waals surface area (Å²) in [6.07, 6.45) is 3.48. The van der Waals surface area contributed by atoms with Crippen molar-refractivity contribution in [1.82, 2.24) is 4.57 Å². The summed E-state index contributed by atoms with van der Waals surface area (Å²) in [5.74, 6) is 0.00806. The summed E-state index contributed by atoms with van der Waals surface area (Å²) < 4.78 is 15.1. The van der Waals surface area contributed by atoms with Crippen LogP contribution in [-0.4, -0.2) is 10.4 Å². The first-order valence-electron chi connectivity index (χ1n) is 6.90. The highest BCUT2D eigenvalue weighted by Crippen LogP contribution is 2.35. The van der Waals surface area contributed by atoms with Gasteiger partial charge in [0.1, 0.15) is 5.82 Å². The molecule has 0 atom stereocenters. The van der Waals surface area contributed by atoms with Crippen molar-refractivity contribution >= 4 is 5.78 Å². The number of Topliss-reactive ketones (excluding diaryl/α,β-unsaturated/α-hetero) is 1. The Morgan fingerprint density at radius 2 is 1.85 bits per heavy atom. The average molecular weight is 271 g/mol. The van der Waals surface area contributed by atoms with Crippen molar-refractivity contribution in [2.45, 2.75) is 33.2 Å². The van der Waals surface area contributed by atoms with Crippen molar-refractivity contribution in [2.24, 2.45) is 5.41 Å². The van der Waals surface area contributed by atoms with Crippen molar-refractivity contribution in [2.75, 3.05) is 0 Å². The fraction of sp³-hybridized carbons (Fsp3) is 0.353. The van der Waals surface area contributed by atoms with Crippen molar-refractivity contribution in [3.8, 4) is 0 Å². The largest absolute Gasteiger partial charge is 0.346 e. The molecule has 3 heteroatoms. The number of hydrogen-bond donors (Lipinski definition) is 0. The fourth-order valence-corrected chi connectivity index (χ4v) is 2.94. The van der Waals surface area contributed by atoms with Crippen LogP contribution in [-0.2, 0) is 13.0 Å². The Labute approximate surface area is 118 Å². The molecule has 20 heavy (non-hydrogen) atoms. The van der Waals surface area contributed by atoms with Crippen molar-refractivity contribution in [3.05, 3.63) is 59.2 Å². The van der Waals surface area contributed by atoms with Crippen molar-refractivity contribution < 1.29 is 9.18 Å². The second kappa shape index (κ2) is 4.58. The highest BCUT2D eigenvalue weighted by Gasteiger charge is 2.32. The van der Waals surface area contributed by atoms with Crippen molar-refractivity contribution in [1.29, 1.82) is 0 Å². The van der Waals surface area contributed by atoms with E-state index in [-0.39, 0.29) is 17.0 Å². The molecule has 2 nitrogen and oxygen atoms in total. The van der Waals surface area contributed by atoms with E-state index in [9.17, 15) is 9.18 Å². The van der Waals surface area contributed by atoms with Gasteiger partial charge in [-0.3, -0.25) is 4.79 Å². The number of rotatable bonds is 2. The van der Waals surface area contributed by atoms with Crippen LogP contribution < -0.4 is 0 Å². The smallest absolute Gasteiger partial charge is 0.165 e. The van der Waals surface area contributed by atoms with Crippen LogP contribution in [0, 0.1) is 11.2 Å². The van der Waals surface area contributed by atoms with Gasteiger partial charge in [0.25, 0.3) is 0 Å². The molecule has 104 valence electrons. The number of benzene rings is 1. The zero-order valence-corrected chi connectivity index (χ0v) is 11.8. The highest BCUT2D eigenvalue weighted by atomic mass is 19.1. The Balaban J connectivity index is 1.93. The predicted molar refractivity (Wildman–Crippen MR) is 76.4 cm³/mol. The molecular weight excluding hydrogens is 253 g/mol. The summed E-state index contributed by atoms with van der Waals surface area (Å²) in [4.78, 5) is 12.1. The van der Waals surface area contributed by atoms with E-state index in [1.807, 2.05) is 12.3 Å². The zero-order valence-electron chi connectivity index (χ0n) is 11.8. The first kappa shape index (κ1) is 13.1. The summed E-state index contributed by atoms with van der Waals surface area (Å²) in [6.45, 7) is 4.94. The molecule has 1 aromatic heterocycles. The quantitative estimate of drug-likeness (QED) is 0.813. The van der Waals surface area contributed by atoms with Crippen LogP contribution in [0.1, 0.15) is 41.9 Å². The first-order chi connectivity index (χ1) is 9.44. The molecular formula is C17H18FNO. The van der Waals surface area contributed by atoms with Gasteiger partial charge in [0.2, 0.25) is 0 Å². The number of carbonyl (C=O) groups excluding carboxylic acids is 1. The number of carbonyl (C=O) groups is 1. The lowest BCUT2D eigenvalue weighted by Gasteiger charge is -2.29.